The summed E-state index contributed by atoms with van der Waals surface area (Å²) in [5.74, 6) is -0.899. The second-order valence-corrected chi connectivity index (χ2v) is 10.8. The molecule has 1 saturated carbocycles. The molecule has 2 saturated heterocycles. The highest BCUT2D eigenvalue weighted by molar-refractivity contribution is 6.05. The van der Waals surface area contributed by atoms with Crippen molar-refractivity contribution in [3.8, 4) is 11.1 Å². The first-order valence-corrected chi connectivity index (χ1v) is 12.8. The Bertz CT molecular complexity index is 1180. The third-order valence-corrected chi connectivity index (χ3v) is 8.56. The number of β-amino-alcohol motifs (C(OH)–C–C–N with tert-alkyl or cyclic N) is 1. The lowest BCUT2D eigenvalue weighted by atomic mass is 9.54. The number of carbonyl (C=O) groups is 2. The maximum Gasteiger partial charge on any atom is 0.322 e. The van der Waals surface area contributed by atoms with Crippen LogP contribution in [-0.4, -0.2) is 52.2 Å². The van der Waals surface area contributed by atoms with Crippen LogP contribution in [0.2, 0.25) is 0 Å². The van der Waals surface area contributed by atoms with E-state index >= 15 is 0 Å². The Balaban J connectivity index is 1.44. The fourth-order valence-electron chi connectivity index (χ4n) is 6.52. The van der Waals surface area contributed by atoms with E-state index in [0.29, 0.717) is 19.4 Å². The van der Waals surface area contributed by atoms with Crippen molar-refractivity contribution in [1.29, 1.82) is 0 Å². The molecule has 5 rings (SSSR count). The normalized spacial score (nSPS) is 34.1. The molecule has 0 spiro atoms. The molecule has 1 N–H and O–H groups in total. The summed E-state index contributed by atoms with van der Waals surface area (Å²) in [5.41, 5.74) is 1.11. The number of amides is 1. The van der Waals surface area contributed by atoms with E-state index in [9.17, 15) is 19.1 Å². The molecule has 3 aliphatic rings. The van der Waals surface area contributed by atoms with Crippen molar-refractivity contribution in [2.24, 2.45) is 29.1 Å². The number of hydrogen-bond donors (Lipinski definition) is 1. The minimum Gasteiger partial charge on any atom is -0.461 e. The second kappa shape index (κ2) is 9.43. The largest absolute Gasteiger partial charge is 0.461 e. The zero-order valence-corrected chi connectivity index (χ0v) is 20.9. The summed E-state index contributed by atoms with van der Waals surface area (Å²) in [4.78, 5) is 33.3. The van der Waals surface area contributed by atoms with Gasteiger partial charge in [-0.05, 0) is 67.4 Å². The van der Waals surface area contributed by atoms with Gasteiger partial charge in [-0.25, -0.2) is 4.39 Å². The number of aliphatic hydroxyl groups excluding tert-OH is 1. The van der Waals surface area contributed by atoms with Crippen LogP contribution in [-0.2, 0) is 14.3 Å². The summed E-state index contributed by atoms with van der Waals surface area (Å²) in [6.45, 7) is 6.87. The van der Waals surface area contributed by atoms with Crippen LogP contribution < -0.4 is 0 Å². The summed E-state index contributed by atoms with van der Waals surface area (Å²) in [6.07, 6.45) is 5.80. The van der Waals surface area contributed by atoms with E-state index in [1.807, 2.05) is 31.2 Å². The summed E-state index contributed by atoms with van der Waals surface area (Å²) in [7, 11) is 0. The third kappa shape index (κ3) is 4.13. The predicted octanol–water partition coefficient (Wildman–Crippen LogP) is 4.33. The smallest absolute Gasteiger partial charge is 0.322 e. The van der Waals surface area contributed by atoms with Crippen molar-refractivity contribution in [2.75, 3.05) is 13.1 Å². The zero-order valence-electron chi connectivity index (χ0n) is 20.9. The molecule has 1 aromatic heterocycles. The monoisotopic (exact) mass is 492 g/mol. The maximum absolute atomic E-state index is 13.8. The molecule has 36 heavy (non-hydrogen) atoms. The van der Waals surface area contributed by atoms with Gasteiger partial charge in [0.15, 0.2) is 5.41 Å². The van der Waals surface area contributed by atoms with Crippen molar-refractivity contribution in [3.05, 3.63) is 60.2 Å². The Morgan fingerprint density at radius 3 is 2.69 bits per heavy atom. The molecule has 7 atom stereocenters. The maximum atomic E-state index is 13.8. The molecule has 2 aromatic rings. The van der Waals surface area contributed by atoms with Gasteiger partial charge in [0.2, 0.25) is 5.91 Å². The van der Waals surface area contributed by atoms with E-state index in [0.717, 1.165) is 16.8 Å². The van der Waals surface area contributed by atoms with Gasteiger partial charge in [0.05, 0.1) is 11.8 Å². The van der Waals surface area contributed by atoms with Gasteiger partial charge in [-0.3, -0.25) is 14.6 Å². The molecule has 1 aliphatic carbocycles. The Hall–Kier alpha value is -3.06. The van der Waals surface area contributed by atoms with Crippen LogP contribution >= 0.6 is 0 Å². The number of carbonyl (C=O) groups excluding carboxylic acids is 2. The fraction of sp³-hybridized carbons (Fsp3) is 0.483. The third-order valence-electron chi connectivity index (χ3n) is 8.56. The van der Waals surface area contributed by atoms with Gasteiger partial charge in [-0.15, -0.1) is 0 Å². The van der Waals surface area contributed by atoms with E-state index in [4.69, 9.17) is 4.74 Å². The van der Waals surface area contributed by atoms with Crippen LogP contribution in [0, 0.1) is 34.9 Å². The minimum atomic E-state index is -1.22. The summed E-state index contributed by atoms with van der Waals surface area (Å²) >= 11 is 0. The van der Waals surface area contributed by atoms with Gasteiger partial charge in [-0.1, -0.05) is 38.1 Å². The van der Waals surface area contributed by atoms with Crippen LogP contribution in [0.3, 0.4) is 0 Å². The highest BCUT2D eigenvalue weighted by Crippen LogP contribution is 2.57. The predicted molar refractivity (Wildman–Crippen MR) is 134 cm³/mol. The Morgan fingerprint density at radius 1 is 1.22 bits per heavy atom. The number of likely N-dealkylation sites (tertiary alicyclic amines) is 1. The van der Waals surface area contributed by atoms with Crippen molar-refractivity contribution >= 4 is 18.0 Å². The Kier molecular flexibility index (Phi) is 6.45. The highest BCUT2D eigenvalue weighted by Gasteiger charge is 2.67. The van der Waals surface area contributed by atoms with E-state index in [1.54, 1.807) is 17.2 Å². The van der Waals surface area contributed by atoms with Gasteiger partial charge in [0.1, 0.15) is 11.9 Å². The van der Waals surface area contributed by atoms with E-state index in [1.165, 1.54) is 12.1 Å². The Morgan fingerprint density at radius 2 is 2.03 bits per heavy atom. The molecule has 1 amide bonds. The van der Waals surface area contributed by atoms with Gasteiger partial charge in [-0.2, -0.15) is 0 Å². The molecular weight excluding hydrogens is 459 g/mol. The summed E-state index contributed by atoms with van der Waals surface area (Å²) in [5, 5.41) is 10.0. The lowest BCUT2D eigenvalue weighted by Crippen LogP contribution is -2.56. The number of aromatic nitrogens is 1. The number of hydrogen-bond acceptors (Lipinski definition) is 5. The first kappa shape index (κ1) is 24.6. The van der Waals surface area contributed by atoms with Crippen molar-refractivity contribution < 1.29 is 23.8 Å². The summed E-state index contributed by atoms with van der Waals surface area (Å²) < 4.78 is 19.3. The fourth-order valence-corrected chi connectivity index (χ4v) is 6.52. The first-order chi connectivity index (χ1) is 17.2. The molecule has 0 bridgehead atoms. The molecule has 1 aromatic carbocycles. The van der Waals surface area contributed by atoms with E-state index < -0.39 is 17.5 Å². The second-order valence-electron chi connectivity index (χ2n) is 10.8. The lowest BCUT2D eigenvalue weighted by molar-refractivity contribution is -0.162. The number of rotatable bonds is 4. The van der Waals surface area contributed by atoms with E-state index in [2.05, 4.69) is 24.9 Å². The van der Waals surface area contributed by atoms with Crippen LogP contribution in [0.5, 0.6) is 0 Å². The number of cyclic esters (lactones) is 1. The SMILES string of the molecule is CC1C[C@@]2(C(=O)N3CC[C@@H](O)C3)C(=O)O[C@H](C)C2C(/C=C/c2ccc(-c3cccc(F)c3)cn2)C1C. The average molecular weight is 493 g/mol. The molecule has 6 nitrogen and oxygen atoms in total. The highest BCUT2D eigenvalue weighted by atomic mass is 19.1. The average Bonchev–Trinajstić information content (AvgIpc) is 3.40. The van der Waals surface area contributed by atoms with Gasteiger partial charge >= 0.3 is 5.97 Å². The number of allylic oxidation sites excluding steroid dienone is 1. The number of ether oxygens (including phenoxy) is 1. The molecule has 4 unspecified atom stereocenters. The van der Waals surface area contributed by atoms with E-state index in [-0.39, 0.29) is 48.0 Å². The standard InChI is InChI=1S/C29H33FN2O4/c1-17-14-29(27(34)32-12-11-24(33)16-32)26(19(3)36-28(29)35)25(18(17)2)10-9-23-8-7-21(15-31-23)20-5-4-6-22(30)13-20/h4-10,13,15,17-19,24-26,33H,11-12,14,16H2,1-3H3/b10-9+/t17?,18?,19-,24-,25?,26?,29-/m1/s1. The number of halogens is 1. The van der Waals surface area contributed by atoms with Crippen LogP contribution in [0.1, 0.15) is 39.3 Å². The van der Waals surface area contributed by atoms with Gasteiger partial charge in [0, 0.05) is 30.8 Å². The number of benzene rings is 1. The van der Waals surface area contributed by atoms with Crippen molar-refractivity contribution in [3.63, 3.8) is 0 Å². The Labute approximate surface area is 211 Å². The van der Waals surface area contributed by atoms with Gasteiger partial charge < -0.3 is 14.7 Å². The molecular formula is C29H33FN2O4. The number of aliphatic hydroxyl groups is 1. The summed E-state index contributed by atoms with van der Waals surface area (Å²) in [6, 6.07) is 10.2. The quantitative estimate of drug-likeness (QED) is 0.508. The van der Waals surface area contributed by atoms with Crippen LogP contribution in [0.4, 0.5) is 4.39 Å². The molecule has 2 aliphatic heterocycles. The number of esters is 1. The topological polar surface area (TPSA) is 79.7 Å². The van der Waals surface area contributed by atoms with Crippen molar-refractivity contribution in [1.82, 2.24) is 9.88 Å². The molecule has 7 heteroatoms. The minimum absolute atomic E-state index is 0.0589. The number of fused-ring (bicyclic) bond motifs is 1. The van der Waals surface area contributed by atoms with Crippen LogP contribution in [0.15, 0.2) is 48.7 Å². The van der Waals surface area contributed by atoms with Gasteiger partial charge in [0.25, 0.3) is 0 Å². The molecule has 3 fully saturated rings. The zero-order chi connectivity index (χ0) is 25.6. The number of pyridine rings is 1. The van der Waals surface area contributed by atoms with Crippen molar-refractivity contribution in [2.45, 2.75) is 45.8 Å². The first-order valence-electron chi connectivity index (χ1n) is 12.8. The number of nitrogens with zero attached hydrogens (tertiary/aromatic N) is 2. The molecule has 190 valence electrons. The lowest BCUT2D eigenvalue weighted by Gasteiger charge is -2.47. The molecule has 0 radical (unpaired) electrons. The molecule has 3 heterocycles. The van der Waals surface area contributed by atoms with Crippen LogP contribution in [0.25, 0.3) is 17.2 Å².